The number of hydrogen-bond acceptors (Lipinski definition) is 1. The summed E-state index contributed by atoms with van der Waals surface area (Å²) in [4.78, 5) is 0. The summed E-state index contributed by atoms with van der Waals surface area (Å²) in [6.07, 6.45) is 4.07. The summed E-state index contributed by atoms with van der Waals surface area (Å²) in [5.74, 6) is 1.70. The standard InChI is InChI=1S/C18H16NO/c1-3-7-16(8-4-1)15-19-13-11-18(12-14-19)20-17-9-5-2-6-10-17/h1-14H,15H2/q+1. The Kier molecular flexibility index (Phi) is 3.74. The van der Waals surface area contributed by atoms with E-state index in [1.54, 1.807) is 0 Å². The molecule has 0 saturated carbocycles. The van der Waals surface area contributed by atoms with Crippen LogP contribution < -0.4 is 9.30 Å². The zero-order valence-corrected chi connectivity index (χ0v) is 11.1. The van der Waals surface area contributed by atoms with Crippen molar-refractivity contribution in [3.8, 4) is 11.5 Å². The van der Waals surface area contributed by atoms with Crippen LogP contribution in [0.1, 0.15) is 5.56 Å². The van der Waals surface area contributed by atoms with Crippen molar-refractivity contribution in [2.45, 2.75) is 6.54 Å². The topological polar surface area (TPSA) is 13.1 Å². The number of pyridine rings is 1. The lowest BCUT2D eigenvalue weighted by molar-refractivity contribution is -0.688. The van der Waals surface area contributed by atoms with E-state index < -0.39 is 0 Å². The Hall–Kier alpha value is -2.61. The Morgan fingerprint density at radius 1 is 0.650 bits per heavy atom. The molecule has 3 aromatic rings. The third kappa shape index (κ3) is 3.23. The van der Waals surface area contributed by atoms with Gasteiger partial charge in [-0.3, -0.25) is 0 Å². The average Bonchev–Trinajstić information content (AvgIpc) is 2.51. The highest BCUT2D eigenvalue weighted by molar-refractivity contribution is 5.28. The first kappa shape index (κ1) is 12.4. The lowest BCUT2D eigenvalue weighted by Crippen LogP contribution is -2.32. The molecule has 0 unspecified atom stereocenters. The molecule has 0 bridgehead atoms. The molecule has 0 aliphatic heterocycles. The zero-order valence-electron chi connectivity index (χ0n) is 11.1. The fourth-order valence-corrected chi connectivity index (χ4v) is 2.04. The predicted octanol–water partition coefficient (Wildman–Crippen LogP) is 3.81. The van der Waals surface area contributed by atoms with E-state index in [0.29, 0.717) is 0 Å². The van der Waals surface area contributed by atoms with Crippen molar-refractivity contribution in [1.82, 2.24) is 0 Å². The Morgan fingerprint density at radius 3 is 1.85 bits per heavy atom. The molecular weight excluding hydrogens is 246 g/mol. The maximum atomic E-state index is 5.77. The molecule has 3 rings (SSSR count). The van der Waals surface area contributed by atoms with Crippen LogP contribution in [-0.4, -0.2) is 0 Å². The van der Waals surface area contributed by atoms with Gasteiger partial charge in [0.25, 0.3) is 0 Å². The molecule has 0 fully saturated rings. The first-order chi connectivity index (χ1) is 9.90. The van der Waals surface area contributed by atoms with E-state index in [2.05, 4.69) is 28.8 Å². The normalized spacial score (nSPS) is 10.2. The third-order valence-corrected chi connectivity index (χ3v) is 3.05. The van der Waals surface area contributed by atoms with E-state index in [1.165, 1.54) is 5.56 Å². The van der Waals surface area contributed by atoms with Crippen molar-refractivity contribution in [2.24, 2.45) is 0 Å². The van der Waals surface area contributed by atoms with Crippen LogP contribution in [0.25, 0.3) is 0 Å². The smallest absolute Gasteiger partial charge is 0.173 e. The second-order valence-electron chi connectivity index (χ2n) is 4.61. The van der Waals surface area contributed by atoms with E-state index in [0.717, 1.165) is 18.0 Å². The molecule has 0 radical (unpaired) electrons. The van der Waals surface area contributed by atoms with E-state index in [4.69, 9.17) is 4.74 Å². The highest BCUT2D eigenvalue weighted by Crippen LogP contribution is 2.18. The van der Waals surface area contributed by atoms with Crippen LogP contribution in [0.2, 0.25) is 0 Å². The molecule has 2 aromatic carbocycles. The number of rotatable bonds is 4. The van der Waals surface area contributed by atoms with Crippen molar-refractivity contribution in [3.05, 3.63) is 90.8 Å². The Morgan fingerprint density at radius 2 is 1.20 bits per heavy atom. The van der Waals surface area contributed by atoms with Gasteiger partial charge < -0.3 is 4.74 Å². The molecule has 20 heavy (non-hydrogen) atoms. The molecule has 1 heterocycles. The number of para-hydroxylation sites is 1. The SMILES string of the molecule is c1ccc(C[n+]2ccc(Oc3ccccc3)cc2)cc1. The maximum Gasteiger partial charge on any atom is 0.173 e. The van der Waals surface area contributed by atoms with Crippen molar-refractivity contribution < 1.29 is 9.30 Å². The molecule has 0 spiro atoms. The molecule has 0 amide bonds. The van der Waals surface area contributed by atoms with Gasteiger partial charge in [-0.1, -0.05) is 48.5 Å². The molecule has 0 atom stereocenters. The molecule has 0 saturated heterocycles. The summed E-state index contributed by atoms with van der Waals surface area (Å²) in [6.45, 7) is 0.868. The van der Waals surface area contributed by atoms with E-state index in [9.17, 15) is 0 Å². The zero-order chi connectivity index (χ0) is 13.6. The van der Waals surface area contributed by atoms with Crippen LogP contribution in [0.15, 0.2) is 85.2 Å². The Bertz CT molecular complexity index is 588. The number of hydrogen-bond donors (Lipinski definition) is 0. The van der Waals surface area contributed by atoms with Crippen LogP contribution in [0.3, 0.4) is 0 Å². The summed E-state index contributed by atoms with van der Waals surface area (Å²) in [5.41, 5.74) is 1.29. The summed E-state index contributed by atoms with van der Waals surface area (Å²) in [6, 6.07) is 24.2. The molecule has 98 valence electrons. The van der Waals surface area contributed by atoms with Gasteiger partial charge in [-0.25, -0.2) is 4.57 Å². The van der Waals surface area contributed by atoms with E-state index >= 15 is 0 Å². The van der Waals surface area contributed by atoms with Crippen molar-refractivity contribution in [1.29, 1.82) is 0 Å². The first-order valence-corrected chi connectivity index (χ1v) is 6.66. The highest BCUT2D eigenvalue weighted by Gasteiger charge is 2.03. The second-order valence-corrected chi connectivity index (χ2v) is 4.61. The Balaban J connectivity index is 1.69. The van der Waals surface area contributed by atoms with Gasteiger partial charge in [0.2, 0.25) is 0 Å². The lowest BCUT2D eigenvalue weighted by atomic mass is 10.2. The minimum Gasteiger partial charge on any atom is -0.457 e. The van der Waals surface area contributed by atoms with Gasteiger partial charge in [-0.15, -0.1) is 0 Å². The number of ether oxygens (including phenoxy) is 1. The molecular formula is C18H16NO+. The number of benzene rings is 2. The minimum absolute atomic E-state index is 0.848. The van der Waals surface area contributed by atoms with Crippen LogP contribution >= 0.6 is 0 Å². The molecule has 0 aliphatic rings. The Labute approximate surface area is 118 Å². The van der Waals surface area contributed by atoms with Gasteiger partial charge >= 0.3 is 0 Å². The molecule has 0 aliphatic carbocycles. The van der Waals surface area contributed by atoms with Gasteiger partial charge in [0, 0.05) is 17.7 Å². The van der Waals surface area contributed by atoms with Crippen molar-refractivity contribution >= 4 is 0 Å². The number of aromatic nitrogens is 1. The molecule has 2 heteroatoms. The summed E-state index contributed by atoms with van der Waals surface area (Å²) < 4.78 is 7.90. The third-order valence-electron chi connectivity index (χ3n) is 3.05. The van der Waals surface area contributed by atoms with Crippen LogP contribution in [0.4, 0.5) is 0 Å². The fourth-order valence-electron chi connectivity index (χ4n) is 2.04. The largest absolute Gasteiger partial charge is 0.457 e. The van der Waals surface area contributed by atoms with E-state index in [-0.39, 0.29) is 0 Å². The summed E-state index contributed by atoms with van der Waals surface area (Å²) >= 11 is 0. The second kappa shape index (κ2) is 6.02. The van der Waals surface area contributed by atoms with Gasteiger partial charge in [0.05, 0.1) is 0 Å². The predicted molar refractivity (Wildman–Crippen MR) is 78.7 cm³/mol. The quantitative estimate of drug-likeness (QED) is 0.652. The first-order valence-electron chi connectivity index (χ1n) is 6.66. The molecule has 2 nitrogen and oxygen atoms in total. The summed E-state index contributed by atoms with van der Waals surface area (Å²) in [7, 11) is 0. The van der Waals surface area contributed by atoms with Crippen LogP contribution in [-0.2, 0) is 6.54 Å². The number of nitrogens with zero attached hydrogens (tertiary/aromatic N) is 1. The molecule has 0 N–H and O–H groups in total. The van der Waals surface area contributed by atoms with Crippen molar-refractivity contribution in [3.63, 3.8) is 0 Å². The minimum atomic E-state index is 0.848. The van der Waals surface area contributed by atoms with Gasteiger partial charge in [-0.05, 0) is 12.1 Å². The van der Waals surface area contributed by atoms with Gasteiger partial charge in [0.15, 0.2) is 18.9 Å². The van der Waals surface area contributed by atoms with Gasteiger partial charge in [0.1, 0.15) is 11.5 Å². The highest BCUT2D eigenvalue weighted by atomic mass is 16.5. The maximum absolute atomic E-state index is 5.77. The lowest BCUT2D eigenvalue weighted by Gasteiger charge is -2.04. The monoisotopic (exact) mass is 262 g/mol. The van der Waals surface area contributed by atoms with Crippen LogP contribution in [0.5, 0.6) is 11.5 Å². The van der Waals surface area contributed by atoms with Crippen LogP contribution in [0, 0.1) is 0 Å². The van der Waals surface area contributed by atoms with Crippen molar-refractivity contribution in [2.75, 3.05) is 0 Å². The van der Waals surface area contributed by atoms with E-state index in [1.807, 2.05) is 60.9 Å². The van der Waals surface area contributed by atoms with Gasteiger partial charge in [-0.2, -0.15) is 0 Å². The summed E-state index contributed by atoms with van der Waals surface area (Å²) in [5, 5.41) is 0. The average molecular weight is 262 g/mol. The fraction of sp³-hybridized carbons (Fsp3) is 0.0556. The molecule has 1 aromatic heterocycles.